The fourth-order valence-electron chi connectivity index (χ4n) is 3.42. The van der Waals surface area contributed by atoms with Crippen LogP contribution in [0.1, 0.15) is 30.7 Å². The summed E-state index contributed by atoms with van der Waals surface area (Å²) in [5.74, 6) is 1.33. The maximum atomic E-state index is 11.3. The predicted molar refractivity (Wildman–Crippen MR) is 108 cm³/mol. The van der Waals surface area contributed by atoms with E-state index in [4.69, 9.17) is 11.6 Å². The second-order valence-electron chi connectivity index (χ2n) is 6.76. The number of benzene rings is 1. The number of halogens is 1. The minimum absolute atomic E-state index is 0.101. The normalized spacial score (nSPS) is 16.3. The Morgan fingerprint density at radius 2 is 2.12 bits per heavy atom. The molecule has 5 nitrogen and oxygen atoms in total. The zero-order chi connectivity index (χ0) is 18.3. The standard InChI is InChI=1S/C19H19ClN4OS/c1-10-6-7-14-15(8-10)26-18-16(14)17(23-19(20)24-18)22-13-5-3-4-12(9-13)21-11(2)25/h3-5,9-10H,6-8H2,1-2H3,(H,21,25)(H,22,23,24). The van der Waals surface area contributed by atoms with Gasteiger partial charge in [-0.2, -0.15) is 4.98 Å². The quantitative estimate of drug-likeness (QED) is 0.609. The van der Waals surface area contributed by atoms with E-state index in [1.807, 2.05) is 24.3 Å². The third-order valence-corrected chi connectivity index (χ3v) is 5.89. The number of aromatic nitrogens is 2. The van der Waals surface area contributed by atoms with Crippen LogP contribution in [0.2, 0.25) is 5.28 Å². The summed E-state index contributed by atoms with van der Waals surface area (Å²) in [4.78, 5) is 22.5. The van der Waals surface area contributed by atoms with Gasteiger partial charge in [-0.05, 0) is 60.5 Å². The SMILES string of the molecule is CC(=O)Nc1cccc(Nc2nc(Cl)nc3sc4c(c23)CCC(C)C4)c1. The summed E-state index contributed by atoms with van der Waals surface area (Å²) in [7, 11) is 0. The average molecular weight is 387 g/mol. The first-order valence-electron chi connectivity index (χ1n) is 8.62. The Morgan fingerprint density at radius 1 is 1.31 bits per heavy atom. The van der Waals surface area contributed by atoms with Crippen molar-refractivity contribution in [3.63, 3.8) is 0 Å². The number of carbonyl (C=O) groups excluding carboxylic acids is 1. The number of thiophene rings is 1. The van der Waals surface area contributed by atoms with Crippen molar-refractivity contribution in [2.45, 2.75) is 33.1 Å². The van der Waals surface area contributed by atoms with Gasteiger partial charge in [0, 0.05) is 23.2 Å². The van der Waals surface area contributed by atoms with Crippen LogP contribution >= 0.6 is 22.9 Å². The van der Waals surface area contributed by atoms with Gasteiger partial charge < -0.3 is 10.6 Å². The fraction of sp³-hybridized carbons (Fsp3) is 0.316. The second-order valence-corrected chi connectivity index (χ2v) is 8.18. The number of fused-ring (bicyclic) bond motifs is 3. The lowest BCUT2D eigenvalue weighted by atomic mass is 9.89. The molecule has 134 valence electrons. The fourth-order valence-corrected chi connectivity index (χ4v) is 5.02. The molecule has 0 spiro atoms. The molecule has 1 aromatic carbocycles. The molecule has 0 saturated carbocycles. The van der Waals surface area contributed by atoms with Crippen LogP contribution in [0.3, 0.4) is 0 Å². The molecule has 2 aromatic heterocycles. The molecule has 0 bridgehead atoms. The first kappa shape index (κ1) is 17.2. The van der Waals surface area contributed by atoms with Crippen LogP contribution in [0.25, 0.3) is 10.2 Å². The monoisotopic (exact) mass is 386 g/mol. The van der Waals surface area contributed by atoms with Crippen LogP contribution in [0, 0.1) is 5.92 Å². The van der Waals surface area contributed by atoms with Crippen molar-refractivity contribution in [2.75, 3.05) is 10.6 Å². The third-order valence-electron chi connectivity index (χ3n) is 4.57. The van der Waals surface area contributed by atoms with E-state index in [2.05, 4.69) is 27.5 Å². The molecule has 1 unspecified atom stereocenters. The molecule has 1 aliphatic rings. The zero-order valence-corrected chi connectivity index (χ0v) is 16.2. The summed E-state index contributed by atoms with van der Waals surface area (Å²) >= 11 is 7.89. The van der Waals surface area contributed by atoms with Crippen molar-refractivity contribution in [3.05, 3.63) is 40.0 Å². The Bertz CT molecular complexity index is 1000. The van der Waals surface area contributed by atoms with Crippen LogP contribution < -0.4 is 10.6 Å². The number of hydrogen-bond acceptors (Lipinski definition) is 5. The number of aryl methyl sites for hydroxylation is 1. The topological polar surface area (TPSA) is 66.9 Å². The van der Waals surface area contributed by atoms with Crippen LogP contribution in [-0.4, -0.2) is 15.9 Å². The molecule has 2 N–H and O–H groups in total. The van der Waals surface area contributed by atoms with E-state index in [1.54, 1.807) is 11.3 Å². The van der Waals surface area contributed by atoms with E-state index >= 15 is 0 Å². The lowest BCUT2D eigenvalue weighted by Gasteiger charge is -2.18. The molecule has 1 atom stereocenters. The molecule has 0 saturated heterocycles. The van der Waals surface area contributed by atoms with Crippen LogP contribution in [0.5, 0.6) is 0 Å². The van der Waals surface area contributed by atoms with Gasteiger partial charge in [0.1, 0.15) is 10.6 Å². The summed E-state index contributed by atoms with van der Waals surface area (Å²) in [5.41, 5.74) is 2.93. The van der Waals surface area contributed by atoms with Gasteiger partial charge >= 0.3 is 0 Å². The van der Waals surface area contributed by atoms with Crippen LogP contribution in [-0.2, 0) is 17.6 Å². The van der Waals surface area contributed by atoms with Gasteiger partial charge in [-0.1, -0.05) is 13.0 Å². The summed E-state index contributed by atoms with van der Waals surface area (Å²) in [6.45, 7) is 3.78. The maximum Gasteiger partial charge on any atom is 0.225 e. The Balaban J connectivity index is 1.76. The smallest absolute Gasteiger partial charge is 0.225 e. The van der Waals surface area contributed by atoms with E-state index in [-0.39, 0.29) is 11.2 Å². The zero-order valence-electron chi connectivity index (χ0n) is 14.6. The molecule has 4 rings (SSSR count). The highest BCUT2D eigenvalue weighted by atomic mass is 35.5. The van der Waals surface area contributed by atoms with E-state index in [9.17, 15) is 4.79 Å². The number of nitrogens with zero attached hydrogens (tertiary/aromatic N) is 2. The predicted octanol–water partition coefficient (Wildman–Crippen LogP) is 5.17. The van der Waals surface area contributed by atoms with Gasteiger partial charge in [-0.25, -0.2) is 4.98 Å². The number of carbonyl (C=O) groups is 1. The van der Waals surface area contributed by atoms with Crippen molar-refractivity contribution >= 4 is 56.3 Å². The number of rotatable bonds is 3. The van der Waals surface area contributed by atoms with Gasteiger partial charge in [-0.3, -0.25) is 4.79 Å². The van der Waals surface area contributed by atoms with E-state index in [0.29, 0.717) is 5.92 Å². The maximum absolute atomic E-state index is 11.3. The van der Waals surface area contributed by atoms with Crippen molar-refractivity contribution in [2.24, 2.45) is 5.92 Å². The van der Waals surface area contributed by atoms with Gasteiger partial charge in [0.25, 0.3) is 0 Å². The van der Waals surface area contributed by atoms with Gasteiger partial charge in [0.15, 0.2) is 0 Å². The minimum Gasteiger partial charge on any atom is -0.339 e. The van der Waals surface area contributed by atoms with Crippen molar-refractivity contribution < 1.29 is 4.79 Å². The summed E-state index contributed by atoms with van der Waals surface area (Å²) in [6, 6.07) is 7.56. The van der Waals surface area contributed by atoms with Crippen molar-refractivity contribution in [1.29, 1.82) is 0 Å². The summed E-state index contributed by atoms with van der Waals surface area (Å²) < 4.78 is 0. The highest BCUT2D eigenvalue weighted by Crippen LogP contribution is 2.41. The number of hydrogen-bond donors (Lipinski definition) is 2. The molecular formula is C19H19ClN4OS. The Labute approximate surface area is 160 Å². The minimum atomic E-state index is -0.101. The van der Waals surface area contributed by atoms with Crippen LogP contribution in [0.4, 0.5) is 17.2 Å². The lowest BCUT2D eigenvalue weighted by Crippen LogP contribution is -2.09. The largest absolute Gasteiger partial charge is 0.339 e. The van der Waals surface area contributed by atoms with Gasteiger partial charge in [0.2, 0.25) is 11.2 Å². The number of amides is 1. The second kappa shape index (κ2) is 6.85. The summed E-state index contributed by atoms with van der Waals surface area (Å²) in [5, 5.41) is 7.48. The van der Waals surface area contributed by atoms with Crippen molar-refractivity contribution in [1.82, 2.24) is 9.97 Å². The average Bonchev–Trinajstić information content (AvgIpc) is 2.91. The Hall–Kier alpha value is -2.18. The third kappa shape index (κ3) is 3.39. The van der Waals surface area contributed by atoms with E-state index in [0.717, 1.165) is 40.3 Å². The molecule has 1 amide bonds. The van der Waals surface area contributed by atoms with Crippen LogP contribution in [0.15, 0.2) is 24.3 Å². The lowest BCUT2D eigenvalue weighted by molar-refractivity contribution is -0.114. The first-order valence-corrected chi connectivity index (χ1v) is 9.81. The Kier molecular flexibility index (Phi) is 4.54. The van der Waals surface area contributed by atoms with Crippen molar-refractivity contribution in [3.8, 4) is 0 Å². The first-order chi connectivity index (χ1) is 12.5. The number of anilines is 3. The molecule has 7 heteroatoms. The summed E-state index contributed by atoms with van der Waals surface area (Å²) in [6.07, 6.45) is 3.31. The highest BCUT2D eigenvalue weighted by molar-refractivity contribution is 7.19. The molecular weight excluding hydrogens is 368 g/mol. The molecule has 3 aromatic rings. The molecule has 1 aliphatic carbocycles. The Morgan fingerprint density at radius 3 is 2.92 bits per heavy atom. The number of nitrogens with one attached hydrogen (secondary N) is 2. The molecule has 0 radical (unpaired) electrons. The highest BCUT2D eigenvalue weighted by Gasteiger charge is 2.23. The molecule has 26 heavy (non-hydrogen) atoms. The van der Waals surface area contributed by atoms with E-state index < -0.39 is 0 Å². The van der Waals surface area contributed by atoms with E-state index in [1.165, 1.54) is 23.8 Å². The molecule has 0 fully saturated rings. The van der Waals surface area contributed by atoms with Gasteiger partial charge in [-0.15, -0.1) is 11.3 Å². The molecule has 2 heterocycles. The van der Waals surface area contributed by atoms with Gasteiger partial charge in [0.05, 0.1) is 5.39 Å². The molecule has 0 aliphatic heterocycles.